The number of hydrogen-bond donors (Lipinski definition) is 3. The predicted octanol–water partition coefficient (Wildman–Crippen LogP) is 5.23. The Balaban J connectivity index is 0. The molecule has 0 radical (unpaired) electrons. The summed E-state index contributed by atoms with van der Waals surface area (Å²) in [5.74, 6) is 0. The minimum absolute atomic E-state index is 0.0938. The third kappa shape index (κ3) is 31.6. The van der Waals surface area contributed by atoms with Gasteiger partial charge in [0.25, 0.3) is 0 Å². The Kier molecular flexibility index (Phi) is 31.9. The molecule has 0 saturated carbocycles. The van der Waals surface area contributed by atoms with Crippen LogP contribution in [0.5, 0.6) is 0 Å². The van der Waals surface area contributed by atoms with Crippen molar-refractivity contribution in [2.75, 3.05) is 33.0 Å². The van der Waals surface area contributed by atoms with Crippen LogP contribution in [0.2, 0.25) is 0 Å². The zero-order valence-electron chi connectivity index (χ0n) is 17.6. The molecule has 0 bridgehead atoms. The molecule has 0 aliphatic rings. The largest absolute Gasteiger partial charge is 0.396 e. The van der Waals surface area contributed by atoms with Crippen LogP contribution in [0.25, 0.3) is 0 Å². The van der Waals surface area contributed by atoms with Crippen LogP contribution in [0.3, 0.4) is 0 Å². The van der Waals surface area contributed by atoms with Crippen molar-refractivity contribution in [1.82, 2.24) is 0 Å². The number of ether oxygens (including phenoxy) is 1. The molecule has 0 aromatic heterocycles. The Morgan fingerprint density at radius 2 is 0.769 bits per heavy atom. The Bertz CT molecular complexity index is 192. The Morgan fingerprint density at radius 3 is 1.12 bits per heavy atom. The van der Waals surface area contributed by atoms with E-state index in [1.807, 2.05) is 0 Å². The van der Waals surface area contributed by atoms with Crippen LogP contribution in [0.4, 0.5) is 0 Å². The number of hydrogen-bond acceptors (Lipinski definition) is 4. The molecule has 4 heteroatoms. The van der Waals surface area contributed by atoms with Gasteiger partial charge in [-0.1, -0.05) is 90.4 Å². The molecule has 26 heavy (non-hydrogen) atoms. The smallest absolute Gasteiger partial charge is 0.0487 e. The number of aliphatic hydroxyl groups is 3. The normalized spacial score (nSPS) is 10.6. The molecule has 160 valence electrons. The Labute approximate surface area is 163 Å². The third-order valence-corrected chi connectivity index (χ3v) is 4.41. The summed E-state index contributed by atoms with van der Waals surface area (Å²) >= 11 is 0. The second kappa shape index (κ2) is 29.6. The molecule has 4 nitrogen and oxygen atoms in total. The summed E-state index contributed by atoms with van der Waals surface area (Å²) in [7, 11) is 0. The molecule has 3 N–H and O–H groups in total. The van der Waals surface area contributed by atoms with Crippen LogP contribution in [-0.4, -0.2) is 48.4 Å². The number of rotatable bonds is 20. The summed E-state index contributed by atoms with van der Waals surface area (Å²) in [6.07, 6.45) is 20.8. The van der Waals surface area contributed by atoms with Gasteiger partial charge in [-0.25, -0.2) is 0 Å². The van der Waals surface area contributed by atoms with Crippen molar-refractivity contribution >= 4 is 0 Å². The van der Waals surface area contributed by atoms with Crippen LogP contribution in [0, 0.1) is 0 Å². The fraction of sp³-hybridized carbons (Fsp3) is 1.00. The van der Waals surface area contributed by atoms with Gasteiger partial charge in [0.2, 0.25) is 0 Å². The maximum Gasteiger partial charge on any atom is 0.0487 e. The molecule has 0 spiro atoms. The topological polar surface area (TPSA) is 69.9 Å². The fourth-order valence-corrected chi connectivity index (χ4v) is 2.74. The van der Waals surface area contributed by atoms with Crippen LogP contribution < -0.4 is 0 Å². The molecule has 0 fully saturated rings. The highest BCUT2D eigenvalue weighted by Gasteiger charge is 1.94. The quantitative estimate of drug-likeness (QED) is 0.255. The van der Waals surface area contributed by atoms with E-state index >= 15 is 0 Å². The van der Waals surface area contributed by atoms with Gasteiger partial charge in [-0.15, -0.1) is 0 Å². The van der Waals surface area contributed by atoms with Gasteiger partial charge in [-0.2, -0.15) is 0 Å². The van der Waals surface area contributed by atoms with E-state index in [0.29, 0.717) is 6.42 Å². The summed E-state index contributed by atoms with van der Waals surface area (Å²) in [6, 6.07) is 0. The van der Waals surface area contributed by atoms with E-state index in [9.17, 15) is 0 Å². The first-order valence-electron chi connectivity index (χ1n) is 11.2. The lowest BCUT2D eigenvalue weighted by Gasteiger charge is -2.04. The van der Waals surface area contributed by atoms with Gasteiger partial charge in [-0.05, 0) is 19.3 Å². The highest BCUT2D eigenvalue weighted by Crippen LogP contribution is 2.12. The molecule has 0 unspecified atom stereocenters. The van der Waals surface area contributed by atoms with Crippen molar-refractivity contribution in [2.24, 2.45) is 0 Å². The van der Waals surface area contributed by atoms with E-state index in [0.717, 1.165) is 19.6 Å². The second-order valence-corrected chi connectivity index (χ2v) is 7.09. The average molecular weight is 377 g/mol. The van der Waals surface area contributed by atoms with Crippen molar-refractivity contribution in [3.8, 4) is 0 Å². The van der Waals surface area contributed by atoms with Gasteiger partial charge >= 0.3 is 0 Å². The molecule has 0 saturated heterocycles. The van der Waals surface area contributed by atoms with Crippen molar-refractivity contribution in [2.45, 2.75) is 110 Å². The van der Waals surface area contributed by atoms with Gasteiger partial charge in [0.15, 0.2) is 0 Å². The fourth-order valence-electron chi connectivity index (χ4n) is 2.74. The molecule has 0 heterocycles. The predicted molar refractivity (Wildman–Crippen MR) is 112 cm³/mol. The van der Waals surface area contributed by atoms with Crippen LogP contribution in [-0.2, 0) is 4.74 Å². The molecular formula is C22H48O4. The van der Waals surface area contributed by atoms with Crippen LogP contribution in [0.15, 0.2) is 0 Å². The summed E-state index contributed by atoms with van der Waals surface area (Å²) in [4.78, 5) is 0. The first kappa shape index (κ1) is 28.1. The minimum atomic E-state index is 0.0938. The van der Waals surface area contributed by atoms with Crippen molar-refractivity contribution in [1.29, 1.82) is 0 Å². The first-order chi connectivity index (χ1) is 12.8. The summed E-state index contributed by atoms with van der Waals surface area (Å²) in [6.45, 7) is 4.31. The number of aliphatic hydroxyl groups excluding tert-OH is 3. The monoisotopic (exact) mass is 376 g/mol. The standard InChI is InChI=1S/C19H40O2.C3H8O2/c1-2-3-4-5-6-7-8-9-10-11-12-13-14-15-18-21-19-16-17-20;4-2-1-3-5/h20H,2-19H2,1H3;4-5H,1-3H2. The highest BCUT2D eigenvalue weighted by molar-refractivity contribution is 4.49. The lowest BCUT2D eigenvalue weighted by atomic mass is 10.0. The maximum absolute atomic E-state index is 8.61. The molecule has 0 aromatic rings. The molecular weight excluding hydrogens is 328 g/mol. The van der Waals surface area contributed by atoms with Gasteiger partial charge in [0.1, 0.15) is 0 Å². The van der Waals surface area contributed by atoms with Gasteiger partial charge in [-0.3, -0.25) is 0 Å². The van der Waals surface area contributed by atoms with Crippen LogP contribution in [0.1, 0.15) is 110 Å². The van der Waals surface area contributed by atoms with Gasteiger partial charge < -0.3 is 20.1 Å². The lowest BCUT2D eigenvalue weighted by Crippen LogP contribution is -1.98. The third-order valence-electron chi connectivity index (χ3n) is 4.41. The van der Waals surface area contributed by atoms with Crippen molar-refractivity contribution in [3.63, 3.8) is 0 Å². The second-order valence-electron chi connectivity index (χ2n) is 7.09. The molecule has 0 aromatic carbocycles. The zero-order chi connectivity index (χ0) is 19.6. The van der Waals surface area contributed by atoms with E-state index in [-0.39, 0.29) is 19.8 Å². The summed E-state index contributed by atoms with van der Waals surface area (Å²) in [5.41, 5.74) is 0. The van der Waals surface area contributed by atoms with E-state index in [4.69, 9.17) is 20.1 Å². The van der Waals surface area contributed by atoms with E-state index < -0.39 is 0 Å². The average Bonchev–Trinajstić information content (AvgIpc) is 2.65. The minimum Gasteiger partial charge on any atom is -0.396 e. The van der Waals surface area contributed by atoms with Gasteiger partial charge in [0, 0.05) is 33.0 Å². The summed E-state index contributed by atoms with van der Waals surface area (Å²) < 4.78 is 5.42. The maximum atomic E-state index is 8.61. The number of unbranched alkanes of at least 4 members (excludes halogenated alkanes) is 13. The van der Waals surface area contributed by atoms with Crippen molar-refractivity contribution < 1.29 is 20.1 Å². The first-order valence-corrected chi connectivity index (χ1v) is 11.2. The lowest BCUT2D eigenvalue weighted by molar-refractivity contribution is 0.112. The molecule has 0 aliphatic carbocycles. The molecule has 0 rings (SSSR count). The van der Waals surface area contributed by atoms with E-state index in [1.165, 1.54) is 89.9 Å². The van der Waals surface area contributed by atoms with E-state index in [2.05, 4.69) is 6.92 Å². The Morgan fingerprint density at radius 1 is 0.423 bits per heavy atom. The van der Waals surface area contributed by atoms with Crippen LogP contribution >= 0.6 is 0 Å². The SMILES string of the molecule is CCCCCCCCCCCCCCCCOCCCO.OCCCO. The Hall–Kier alpha value is -0.160. The zero-order valence-corrected chi connectivity index (χ0v) is 17.6. The molecule has 0 aliphatic heterocycles. The van der Waals surface area contributed by atoms with E-state index in [1.54, 1.807) is 0 Å². The van der Waals surface area contributed by atoms with Gasteiger partial charge in [0.05, 0.1) is 0 Å². The highest BCUT2D eigenvalue weighted by atomic mass is 16.5. The molecule has 0 amide bonds. The van der Waals surface area contributed by atoms with Crippen molar-refractivity contribution in [3.05, 3.63) is 0 Å². The molecule has 0 atom stereocenters. The summed E-state index contributed by atoms with van der Waals surface area (Å²) in [5, 5.41) is 24.4.